The van der Waals surface area contributed by atoms with Crippen molar-refractivity contribution in [1.82, 2.24) is 15.0 Å². The summed E-state index contributed by atoms with van der Waals surface area (Å²) in [6.45, 7) is 2.99. The average molecular weight is 196 g/mol. The SMILES string of the molecule is CCCN(C)c1nc(N)nc(NC)n1. The molecule has 78 valence electrons. The van der Waals surface area contributed by atoms with Crippen LogP contribution in [0.15, 0.2) is 0 Å². The van der Waals surface area contributed by atoms with E-state index in [0.717, 1.165) is 13.0 Å². The maximum Gasteiger partial charge on any atom is 0.231 e. The molecule has 0 aliphatic carbocycles. The van der Waals surface area contributed by atoms with Crippen LogP contribution in [-0.2, 0) is 0 Å². The highest BCUT2D eigenvalue weighted by Gasteiger charge is 2.06. The van der Waals surface area contributed by atoms with Gasteiger partial charge >= 0.3 is 0 Å². The van der Waals surface area contributed by atoms with E-state index < -0.39 is 0 Å². The smallest absolute Gasteiger partial charge is 0.231 e. The first-order chi connectivity index (χ1) is 6.67. The van der Waals surface area contributed by atoms with Gasteiger partial charge in [-0.05, 0) is 6.42 Å². The lowest BCUT2D eigenvalue weighted by molar-refractivity contribution is 0.814. The first-order valence-electron chi connectivity index (χ1n) is 4.57. The zero-order valence-corrected chi connectivity index (χ0v) is 8.78. The second-order valence-corrected chi connectivity index (χ2v) is 2.99. The first kappa shape index (κ1) is 10.5. The Hall–Kier alpha value is -1.59. The molecule has 0 radical (unpaired) electrons. The van der Waals surface area contributed by atoms with Gasteiger partial charge in [-0.2, -0.15) is 15.0 Å². The van der Waals surface area contributed by atoms with Crippen LogP contribution in [0, 0.1) is 0 Å². The number of nitrogens with two attached hydrogens (primary N) is 1. The van der Waals surface area contributed by atoms with Crippen LogP contribution in [-0.4, -0.2) is 35.6 Å². The Labute approximate surface area is 83.6 Å². The molecule has 0 bridgehead atoms. The summed E-state index contributed by atoms with van der Waals surface area (Å²) in [4.78, 5) is 14.1. The van der Waals surface area contributed by atoms with Crippen LogP contribution in [0.3, 0.4) is 0 Å². The van der Waals surface area contributed by atoms with Crippen LogP contribution in [0.1, 0.15) is 13.3 Å². The summed E-state index contributed by atoms with van der Waals surface area (Å²) in [5.41, 5.74) is 5.54. The molecule has 1 rings (SSSR count). The number of hydrogen-bond acceptors (Lipinski definition) is 6. The molecule has 0 amide bonds. The number of hydrogen-bond donors (Lipinski definition) is 2. The molecule has 0 atom stereocenters. The molecule has 6 nitrogen and oxygen atoms in total. The Balaban J connectivity index is 2.90. The van der Waals surface area contributed by atoms with Gasteiger partial charge in [0.2, 0.25) is 17.8 Å². The molecule has 6 heteroatoms. The second-order valence-electron chi connectivity index (χ2n) is 2.99. The molecular weight excluding hydrogens is 180 g/mol. The second kappa shape index (κ2) is 4.59. The summed E-state index contributed by atoms with van der Waals surface area (Å²) in [5.74, 6) is 1.33. The average Bonchev–Trinajstić information content (AvgIpc) is 2.17. The minimum absolute atomic E-state index is 0.238. The van der Waals surface area contributed by atoms with E-state index in [0.29, 0.717) is 11.9 Å². The van der Waals surface area contributed by atoms with Gasteiger partial charge in [0.15, 0.2) is 0 Å². The van der Waals surface area contributed by atoms with E-state index in [2.05, 4.69) is 27.2 Å². The fourth-order valence-electron chi connectivity index (χ4n) is 1.10. The Morgan fingerprint density at radius 2 is 2.07 bits per heavy atom. The van der Waals surface area contributed by atoms with E-state index in [9.17, 15) is 0 Å². The van der Waals surface area contributed by atoms with Crippen LogP contribution in [0.5, 0.6) is 0 Å². The predicted octanol–water partition coefficient (Wildman–Crippen LogP) is 0.342. The highest BCUT2D eigenvalue weighted by atomic mass is 15.3. The molecule has 0 aromatic carbocycles. The maximum atomic E-state index is 5.54. The lowest BCUT2D eigenvalue weighted by Crippen LogP contribution is -2.21. The molecular formula is C8H16N6. The van der Waals surface area contributed by atoms with Gasteiger partial charge < -0.3 is 16.0 Å². The number of anilines is 3. The van der Waals surface area contributed by atoms with Gasteiger partial charge in [-0.1, -0.05) is 6.92 Å². The highest BCUT2D eigenvalue weighted by molar-refractivity contribution is 5.40. The fourth-order valence-corrected chi connectivity index (χ4v) is 1.10. The molecule has 0 spiro atoms. The number of nitrogens with zero attached hydrogens (tertiary/aromatic N) is 4. The highest BCUT2D eigenvalue weighted by Crippen LogP contribution is 2.09. The van der Waals surface area contributed by atoms with E-state index in [-0.39, 0.29) is 5.95 Å². The first-order valence-corrected chi connectivity index (χ1v) is 4.57. The van der Waals surface area contributed by atoms with E-state index >= 15 is 0 Å². The van der Waals surface area contributed by atoms with Crippen LogP contribution >= 0.6 is 0 Å². The summed E-state index contributed by atoms with van der Waals surface area (Å²) in [7, 11) is 3.68. The topological polar surface area (TPSA) is 80.0 Å². The Morgan fingerprint density at radius 3 is 2.64 bits per heavy atom. The van der Waals surface area contributed by atoms with Gasteiger partial charge in [0, 0.05) is 20.6 Å². The Kier molecular flexibility index (Phi) is 3.44. The summed E-state index contributed by atoms with van der Waals surface area (Å²) in [5, 5.41) is 2.84. The van der Waals surface area contributed by atoms with Crippen molar-refractivity contribution in [2.45, 2.75) is 13.3 Å². The van der Waals surface area contributed by atoms with Crippen molar-refractivity contribution in [1.29, 1.82) is 0 Å². The summed E-state index contributed by atoms with van der Waals surface area (Å²) in [6, 6.07) is 0. The standard InChI is InChI=1S/C8H16N6/c1-4-5-14(3)8-12-6(9)11-7(10-2)13-8/h4-5H2,1-3H3,(H3,9,10,11,12,13). The fraction of sp³-hybridized carbons (Fsp3) is 0.625. The van der Waals surface area contributed by atoms with Crippen molar-refractivity contribution < 1.29 is 0 Å². The van der Waals surface area contributed by atoms with Gasteiger partial charge in [-0.15, -0.1) is 0 Å². The zero-order chi connectivity index (χ0) is 10.6. The van der Waals surface area contributed by atoms with Crippen LogP contribution in [0.2, 0.25) is 0 Å². The molecule has 0 fully saturated rings. The molecule has 0 unspecified atom stereocenters. The van der Waals surface area contributed by atoms with E-state index in [1.54, 1.807) is 7.05 Å². The summed E-state index contributed by atoms with van der Waals surface area (Å²) >= 11 is 0. The Morgan fingerprint density at radius 1 is 1.36 bits per heavy atom. The van der Waals surface area contributed by atoms with Crippen molar-refractivity contribution in [2.24, 2.45) is 0 Å². The van der Waals surface area contributed by atoms with Gasteiger partial charge in [-0.25, -0.2) is 0 Å². The van der Waals surface area contributed by atoms with Crippen molar-refractivity contribution >= 4 is 17.8 Å². The summed E-state index contributed by atoms with van der Waals surface area (Å²) in [6.07, 6.45) is 1.04. The lowest BCUT2D eigenvalue weighted by Gasteiger charge is -2.16. The van der Waals surface area contributed by atoms with Gasteiger partial charge in [0.05, 0.1) is 0 Å². The number of nitrogen functional groups attached to an aromatic ring is 1. The molecule has 0 saturated heterocycles. The molecule has 0 aliphatic heterocycles. The normalized spacial score (nSPS) is 9.93. The van der Waals surface area contributed by atoms with Crippen LogP contribution in [0.4, 0.5) is 17.8 Å². The number of nitrogens with one attached hydrogen (secondary N) is 1. The molecule has 14 heavy (non-hydrogen) atoms. The number of aromatic nitrogens is 3. The van der Waals surface area contributed by atoms with Crippen molar-refractivity contribution in [3.8, 4) is 0 Å². The number of rotatable bonds is 4. The maximum absolute atomic E-state index is 5.54. The third-order valence-electron chi connectivity index (χ3n) is 1.76. The summed E-state index contributed by atoms with van der Waals surface area (Å²) < 4.78 is 0. The molecule has 1 aromatic rings. The Bertz CT molecular complexity index is 300. The minimum atomic E-state index is 0.238. The predicted molar refractivity (Wildman–Crippen MR) is 57.3 cm³/mol. The van der Waals surface area contributed by atoms with Crippen LogP contribution < -0.4 is 16.0 Å². The molecule has 3 N–H and O–H groups in total. The molecule has 1 aromatic heterocycles. The van der Waals surface area contributed by atoms with Crippen molar-refractivity contribution in [2.75, 3.05) is 36.6 Å². The van der Waals surface area contributed by atoms with E-state index in [1.165, 1.54) is 0 Å². The van der Waals surface area contributed by atoms with Crippen molar-refractivity contribution in [3.63, 3.8) is 0 Å². The quantitative estimate of drug-likeness (QED) is 0.723. The van der Waals surface area contributed by atoms with Crippen LogP contribution in [0.25, 0.3) is 0 Å². The minimum Gasteiger partial charge on any atom is -0.368 e. The lowest BCUT2D eigenvalue weighted by atomic mass is 10.4. The third-order valence-corrected chi connectivity index (χ3v) is 1.76. The monoisotopic (exact) mass is 196 g/mol. The van der Waals surface area contributed by atoms with E-state index in [1.807, 2.05) is 11.9 Å². The zero-order valence-electron chi connectivity index (χ0n) is 8.78. The molecule has 0 aliphatic rings. The van der Waals surface area contributed by atoms with Gasteiger partial charge in [-0.3, -0.25) is 0 Å². The molecule has 0 saturated carbocycles. The van der Waals surface area contributed by atoms with Crippen molar-refractivity contribution in [3.05, 3.63) is 0 Å². The third kappa shape index (κ3) is 2.45. The largest absolute Gasteiger partial charge is 0.368 e. The molecule has 1 heterocycles. The van der Waals surface area contributed by atoms with E-state index in [4.69, 9.17) is 5.73 Å². The van der Waals surface area contributed by atoms with Gasteiger partial charge in [0.1, 0.15) is 0 Å². The van der Waals surface area contributed by atoms with Gasteiger partial charge in [0.25, 0.3) is 0 Å².